The van der Waals surface area contributed by atoms with E-state index in [4.69, 9.17) is 4.74 Å². The average molecular weight is 331 g/mol. The van der Waals surface area contributed by atoms with E-state index in [0.29, 0.717) is 11.8 Å². The zero-order chi connectivity index (χ0) is 16.7. The highest BCUT2D eigenvalue weighted by Gasteiger charge is 2.43. The third kappa shape index (κ3) is 3.37. The van der Waals surface area contributed by atoms with Gasteiger partial charge in [-0.15, -0.1) is 0 Å². The van der Waals surface area contributed by atoms with E-state index in [1.54, 1.807) is 0 Å². The number of ether oxygens (including phenoxy) is 1. The SMILES string of the molecule is CC1CC(C(=O)N2CC[C@H](OCC3CC3)[C@@H]2Cc2cnn(C)c2)C1. The van der Waals surface area contributed by atoms with Gasteiger partial charge in [0.1, 0.15) is 0 Å². The van der Waals surface area contributed by atoms with Crippen LogP contribution in [0.4, 0.5) is 0 Å². The molecule has 5 heteroatoms. The molecule has 0 bridgehead atoms. The highest BCUT2D eigenvalue weighted by molar-refractivity contribution is 5.80. The van der Waals surface area contributed by atoms with Crippen molar-refractivity contribution in [2.24, 2.45) is 24.8 Å². The van der Waals surface area contributed by atoms with Gasteiger partial charge in [0.05, 0.1) is 18.3 Å². The quantitative estimate of drug-likeness (QED) is 0.804. The van der Waals surface area contributed by atoms with Gasteiger partial charge in [-0.05, 0) is 55.9 Å². The fraction of sp³-hybridized carbons (Fsp3) is 0.789. The number of carbonyl (C=O) groups excluding carboxylic acids is 1. The lowest BCUT2D eigenvalue weighted by molar-refractivity contribution is -0.141. The molecule has 3 fully saturated rings. The molecular formula is C19H29N3O2. The molecule has 1 aromatic heterocycles. The number of hydrogen-bond donors (Lipinski definition) is 0. The van der Waals surface area contributed by atoms with Crippen LogP contribution in [-0.4, -0.2) is 45.9 Å². The van der Waals surface area contributed by atoms with Crippen LogP contribution >= 0.6 is 0 Å². The fourth-order valence-electron chi connectivity index (χ4n) is 4.24. The molecule has 2 saturated carbocycles. The van der Waals surface area contributed by atoms with Crippen LogP contribution < -0.4 is 0 Å². The zero-order valence-electron chi connectivity index (χ0n) is 14.9. The topological polar surface area (TPSA) is 47.4 Å². The smallest absolute Gasteiger partial charge is 0.226 e. The molecule has 0 aromatic carbocycles. The number of rotatable bonds is 6. The maximum atomic E-state index is 12.9. The number of aryl methyl sites for hydroxylation is 1. The van der Waals surface area contributed by atoms with Crippen LogP contribution in [0.5, 0.6) is 0 Å². The van der Waals surface area contributed by atoms with Crippen LogP contribution in [0, 0.1) is 17.8 Å². The van der Waals surface area contributed by atoms with Crippen LogP contribution in [0.3, 0.4) is 0 Å². The Bertz CT molecular complexity index is 589. The van der Waals surface area contributed by atoms with Gasteiger partial charge in [-0.25, -0.2) is 0 Å². The molecule has 2 atom stereocenters. The minimum Gasteiger partial charge on any atom is -0.376 e. The van der Waals surface area contributed by atoms with Gasteiger partial charge in [0.25, 0.3) is 0 Å². The van der Waals surface area contributed by atoms with Crippen molar-refractivity contribution in [2.45, 2.75) is 57.6 Å². The molecule has 1 amide bonds. The van der Waals surface area contributed by atoms with Gasteiger partial charge in [0, 0.05) is 32.3 Å². The lowest BCUT2D eigenvalue weighted by Crippen LogP contribution is -2.47. The number of hydrogen-bond acceptors (Lipinski definition) is 3. The Kier molecular flexibility index (Phi) is 4.37. The Morgan fingerprint density at radius 2 is 2.12 bits per heavy atom. The number of nitrogens with zero attached hydrogens (tertiary/aromatic N) is 3. The minimum absolute atomic E-state index is 0.177. The van der Waals surface area contributed by atoms with Gasteiger partial charge in [-0.3, -0.25) is 9.48 Å². The Labute approximate surface area is 144 Å². The van der Waals surface area contributed by atoms with Crippen LogP contribution in [0.25, 0.3) is 0 Å². The van der Waals surface area contributed by atoms with Crippen molar-refractivity contribution in [1.29, 1.82) is 0 Å². The Hall–Kier alpha value is -1.36. The molecular weight excluding hydrogens is 302 g/mol. The molecule has 5 nitrogen and oxygen atoms in total. The molecule has 4 rings (SSSR count). The lowest BCUT2D eigenvalue weighted by atomic mass is 9.75. The molecule has 0 spiro atoms. The second-order valence-electron chi connectivity index (χ2n) is 8.20. The molecule has 0 unspecified atom stereocenters. The summed E-state index contributed by atoms with van der Waals surface area (Å²) < 4.78 is 8.07. The number of likely N-dealkylation sites (tertiary alicyclic amines) is 1. The van der Waals surface area contributed by atoms with Crippen molar-refractivity contribution >= 4 is 5.91 Å². The Morgan fingerprint density at radius 3 is 2.75 bits per heavy atom. The first kappa shape index (κ1) is 16.1. The van der Waals surface area contributed by atoms with Gasteiger partial charge in [-0.1, -0.05) is 6.92 Å². The third-order valence-electron chi connectivity index (χ3n) is 5.94. The van der Waals surface area contributed by atoms with E-state index in [1.165, 1.54) is 18.4 Å². The average Bonchev–Trinajstić information content (AvgIpc) is 3.15. The molecule has 2 aliphatic carbocycles. The van der Waals surface area contributed by atoms with Crippen molar-refractivity contribution in [3.05, 3.63) is 18.0 Å². The summed E-state index contributed by atoms with van der Waals surface area (Å²) in [7, 11) is 1.94. The monoisotopic (exact) mass is 331 g/mol. The standard InChI is InChI=1S/C19H29N3O2/c1-13-7-16(8-13)19(23)22-6-5-18(24-12-14-3-4-14)17(22)9-15-10-20-21(2)11-15/h10-11,13-14,16-18H,3-9,12H2,1-2H3/t13?,16?,17-,18-/m0/s1. The predicted molar refractivity (Wildman–Crippen MR) is 91.4 cm³/mol. The zero-order valence-corrected chi connectivity index (χ0v) is 14.9. The molecule has 1 aromatic rings. The van der Waals surface area contributed by atoms with Crippen LogP contribution in [0.2, 0.25) is 0 Å². The molecule has 2 heterocycles. The maximum absolute atomic E-state index is 12.9. The fourth-order valence-corrected chi connectivity index (χ4v) is 4.24. The second kappa shape index (κ2) is 6.51. The summed E-state index contributed by atoms with van der Waals surface area (Å²) in [4.78, 5) is 15.1. The summed E-state index contributed by atoms with van der Waals surface area (Å²) in [5.74, 6) is 2.08. The Morgan fingerprint density at radius 1 is 1.33 bits per heavy atom. The molecule has 132 valence electrons. The van der Waals surface area contributed by atoms with Crippen LogP contribution in [-0.2, 0) is 23.0 Å². The second-order valence-corrected chi connectivity index (χ2v) is 8.20. The van der Waals surface area contributed by atoms with Crippen molar-refractivity contribution < 1.29 is 9.53 Å². The van der Waals surface area contributed by atoms with Crippen molar-refractivity contribution in [1.82, 2.24) is 14.7 Å². The van der Waals surface area contributed by atoms with Crippen molar-refractivity contribution in [2.75, 3.05) is 13.2 Å². The Balaban J connectivity index is 1.45. The van der Waals surface area contributed by atoms with Gasteiger partial charge >= 0.3 is 0 Å². The summed E-state index contributed by atoms with van der Waals surface area (Å²) in [5.41, 5.74) is 1.20. The van der Waals surface area contributed by atoms with E-state index in [1.807, 2.05) is 17.9 Å². The van der Waals surface area contributed by atoms with E-state index < -0.39 is 0 Å². The largest absolute Gasteiger partial charge is 0.376 e. The molecule has 1 saturated heterocycles. The summed E-state index contributed by atoms with van der Waals surface area (Å²) in [6, 6.07) is 0.177. The van der Waals surface area contributed by atoms with Crippen molar-refractivity contribution in [3.63, 3.8) is 0 Å². The highest BCUT2D eigenvalue weighted by Crippen LogP contribution is 2.37. The molecule has 3 aliphatic rings. The van der Waals surface area contributed by atoms with E-state index in [2.05, 4.69) is 23.1 Å². The summed E-state index contributed by atoms with van der Waals surface area (Å²) in [5, 5.41) is 4.28. The first-order chi connectivity index (χ1) is 11.6. The summed E-state index contributed by atoms with van der Waals surface area (Å²) in [6.07, 6.45) is 10.7. The lowest BCUT2D eigenvalue weighted by Gasteiger charge is -2.37. The minimum atomic E-state index is 0.177. The molecule has 1 aliphatic heterocycles. The third-order valence-corrected chi connectivity index (χ3v) is 5.94. The first-order valence-corrected chi connectivity index (χ1v) is 9.49. The van der Waals surface area contributed by atoms with Gasteiger partial charge in [0.2, 0.25) is 5.91 Å². The van der Waals surface area contributed by atoms with E-state index >= 15 is 0 Å². The predicted octanol–water partition coefficient (Wildman–Crippen LogP) is 2.40. The summed E-state index contributed by atoms with van der Waals surface area (Å²) >= 11 is 0. The number of amides is 1. The van der Waals surface area contributed by atoms with E-state index in [0.717, 1.165) is 44.8 Å². The number of carbonyl (C=O) groups is 1. The van der Waals surface area contributed by atoms with E-state index in [-0.39, 0.29) is 18.1 Å². The van der Waals surface area contributed by atoms with Gasteiger partial charge in [-0.2, -0.15) is 5.10 Å². The molecule has 0 radical (unpaired) electrons. The van der Waals surface area contributed by atoms with Crippen LogP contribution in [0.1, 0.15) is 44.6 Å². The van der Waals surface area contributed by atoms with Gasteiger partial charge < -0.3 is 9.64 Å². The maximum Gasteiger partial charge on any atom is 0.226 e. The number of aromatic nitrogens is 2. The van der Waals surface area contributed by atoms with Crippen molar-refractivity contribution in [3.8, 4) is 0 Å². The highest BCUT2D eigenvalue weighted by atomic mass is 16.5. The normalized spacial score (nSPS) is 32.8. The van der Waals surface area contributed by atoms with E-state index in [9.17, 15) is 4.79 Å². The summed E-state index contributed by atoms with van der Waals surface area (Å²) in [6.45, 7) is 3.96. The first-order valence-electron chi connectivity index (χ1n) is 9.49. The molecule has 24 heavy (non-hydrogen) atoms. The van der Waals surface area contributed by atoms with Gasteiger partial charge in [0.15, 0.2) is 0 Å². The van der Waals surface area contributed by atoms with Crippen LogP contribution in [0.15, 0.2) is 12.4 Å². The molecule has 0 N–H and O–H groups in total.